The summed E-state index contributed by atoms with van der Waals surface area (Å²) in [5, 5.41) is 23.9. The summed E-state index contributed by atoms with van der Waals surface area (Å²) >= 11 is 1.43. The number of Topliss-reactive ketones (excluding diaryl/α,β-unsaturated/α-hetero) is 1. The van der Waals surface area contributed by atoms with Gasteiger partial charge in [0.1, 0.15) is 6.23 Å². The lowest BCUT2D eigenvalue weighted by Crippen LogP contribution is -2.53. The van der Waals surface area contributed by atoms with Crippen LogP contribution < -0.4 is 10.6 Å². The number of hydrogen-bond donors (Lipinski definition) is 3. The number of aryl methyl sites for hydroxylation is 2. The van der Waals surface area contributed by atoms with Gasteiger partial charge in [0.05, 0.1) is 11.9 Å². The molecule has 3 N–H and O–H groups in total. The third-order valence-corrected chi connectivity index (χ3v) is 7.36. The SMILES string of the molecule is CC#CC(=O)CC1C[C@@H](c2ccc(F)c(F)c2)[C@H](NC(O)c2cc(-c3c(C)cnn3C)cs2)CN1. The summed E-state index contributed by atoms with van der Waals surface area (Å²) in [5.74, 6) is 2.93. The molecule has 3 heterocycles. The number of aromatic nitrogens is 2. The molecule has 0 amide bonds. The maximum Gasteiger partial charge on any atom is 0.206 e. The molecule has 4 rings (SSSR count). The molecule has 1 aliphatic rings. The van der Waals surface area contributed by atoms with E-state index in [1.807, 2.05) is 25.4 Å². The highest BCUT2D eigenvalue weighted by molar-refractivity contribution is 7.10. The third kappa shape index (κ3) is 5.68. The van der Waals surface area contributed by atoms with Crippen molar-refractivity contribution in [2.45, 2.75) is 50.9 Å². The van der Waals surface area contributed by atoms with Gasteiger partial charge in [-0.1, -0.05) is 12.0 Å². The zero-order valence-corrected chi connectivity index (χ0v) is 20.6. The summed E-state index contributed by atoms with van der Waals surface area (Å²) in [6.45, 7) is 4.04. The van der Waals surface area contributed by atoms with Crippen molar-refractivity contribution < 1.29 is 18.7 Å². The van der Waals surface area contributed by atoms with Gasteiger partial charge in [-0.25, -0.2) is 8.78 Å². The van der Waals surface area contributed by atoms with Gasteiger partial charge in [0.25, 0.3) is 0 Å². The van der Waals surface area contributed by atoms with Crippen LogP contribution >= 0.6 is 11.3 Å². The average molecular weight is 499 g/mol. The van der Waals surface area contributed by atoms with Gasteiger partial charge in [0.15, 0.2) is 11.6 Å². The smallest absolute Gasteiger partial charge is 0.206 e. The van der Waals surface area contributed by atoms with Crippen LogP contribution in [0.5, 0.6) is 0 Å². The molecule has 2 unspecified atom stereocenters. The van der Waals surface area contributed by atoms with E-state index in [-0.39, 0.29) is 30.2 Å². The van der Waals surface area contributed by atoms with Crippen molar-refractivity contribution in [3.05, 3.63) is 63.5 Å². The number of carbonyl (C=O) groups is 1. The van der Waals surface area contributed by atoms with Crippen molar-refractivity contribution in [3.63, 3.8) is 0 Å². The molecule has 35 heavy (non-hydrogen) atoms. The van der Waals surface area contributed by atoms with Gasteiger partial charge in [0, 0.05) is 53.8 Å². The molecule has 0 saturated carbocycles. The standard InChI is InChI=1S/C26H28F2N4O2S/c1-4-5-19(33)10-18-11-20(16-6-7-21(27)22(28)8-16)23(13-29-18)31-26(34)24-9-17(14-35-24)25-15(2)12-30-32(25)3/h6-9,12,14,18,20,23,26,29,31,34H,10-11,13H2,1-3H3/t18?,20-,23+,26?/m0/s1. The van der Waals surface area contributed by atoms with Crippen LogP contribution in [-0.4, -0.2) is 39.3 Å². The molecule has 4 atom stereocenters. The van der Waals surface area contributed by atoms with E-state index in [0.29, 0.717) is 18.5 Å². The van der Waals surface area contributed by atoms with E-state index in [4.69, 9.17) is 0 Å². The molecule has 1 saturated heterocycles. The Hall–Kier alpha value is -2.90. The van der Waals surface area contributed by atoms with Crippen molar-refractivity contribution in [2.24, 2.45) is 7.05 Å². The fourth-order valence-corrected chi connectivity index (χ4v) is 5.55. The molecule has 6 nitrogen and oxygen atoms in total. The van der Waals surface area contributed by atoms with Gasteiger partial charge >= 0.3 is 0 Å². The predicted molar refractivity (Wildman–Crippen MR) is 132 cm³/mol. The molecule has 1 fully saturated rings. The molecule has 0 aliphatic carbocycles. The van der Waals surface area contributed by atoms with Crippen LogP contribution in [-0.2, 0) is 11.8 Å². The molecule has 0 radical (unpaired) electrons. The number of benzene rings is 1. The fourth-order valence-electron chi connectivity index (χ4n) is 4.71. The zero-order chi connectivity index (χ0) is 25.1. The summed E-state index contributed by atoms with van der Waals surface area (Å²) < 4.78 is 29.5. The predicted octanol–water partition coefficient (Wildman–Crippen LogP) is 3.81. The summed E-state index contributed by atoms with van der Waals surface area (Å²) in [4.78, 5) is 12.8. The molecular weight excluding hydrogens is 470 g/mol. The van der Waals surface area contributed by atoms with Crippen molar-refractivity contribution in [2.75, 3.05) is 6.54 Å². The van der Waals surface area contributed by atoms with Gasteiger partial charge in [-0.15, -0.1) is 11.3 Å². The first-order valence-electron chi connectivity index (χ1n) is 11.4. The minimum absolute atomic E-state index is 0.155. The van der Waals surface area contributed by atoms with Crippen molar-refractivity contribution in [1.29, 1.82) is 0 Å². The Morgan fingerprint density at radius 1 is 1.37 bits per heavy atom. The molecule has 1 aliphatic heterocycles. The van der Waals surface area contributed by atoms with Crippen LogP contribution in [0.2, 0.25) is 0 Å². The number of carbonyl (C=O) groups excluding carboxylic acids is 1. The van der Waals surface area contributed by atoms with E-state index in [1.165, 1.54) is 17.4 Å². The van der Waals surface area contributed by atoms with E-state index in [0.717, 1.165) is 27.8 Å². The Morgan fingerprint density at radius 3 is 2.86 bits per heavy atom. The Morgan fingerprint density at radius 2 is 2.17 bits per heavy atom. The Bertz CT molecular complexity index is 1260. The first kappa shape index (κ1) is 25.2. The number of hydrogen-bond acceptors (Lipinski definition) is 6. The first-order chi connectivity index (χ1) is 16.8. The van der Waals surface area contributed by atoms with E-state index >= 15 is 0 Å². The highest BCUT2D eigenvalue weighted by Gasteiger charge is 2.34. The number of aliphatic hydroxyl groups excluding tert-OH is 1. The minimum atomic E-state index is -0.953. The summed E-state index contributed by atoms with van der Waals surface area (Å²) in [5.41, 5.74) is 3.62. The lowest BCUT2D eigenvalue weighted by Gasteiger charge is -2.38. The monoisotopic (exact) mass is 498 g/mol. The van der Waals surface area contributed by atoms with Gasteiger partial charge in [0.2, 0.25) is 5.78 Å². The van der Waals surface area contributed by atoms with E-state index < -0.39 is 17.9 Å². The van der Waals surface area contributed by atoms with E-state index in [2.05, 4.69) is 27.6 Å². The number of nitrogens with zero attached hydrogens (tertiary/aromatic N) is 2. The molecular formula is C26H28F2N4O2S. The summed E-state index contributed by atoms with van der Waals surface area (Å²) in [6.07, 6.45) is 1.59. The second kappa shape index (κ2) is 10.8. The Kier molecular flexibility index (Phi) is 7.77. The van der Waals surface area contributed by atoms with Crippen molar-refractivity contribution in [1.82, 2.24) is 20.4 Å². The van der Waals surface area contributed by atoms with Gasteiger partial charge < -0.3 is 10.4 Å². The molecule has 2 aromatic heterocycles. The van der Waals surface area contributed by atoms with Crippen molar-refractivity contribution >= 4 is 17.1 Å². The van der Waals surface area contributed by atoms with Gasteiger partial charge in [-0.3, -0.25) is 14.8 Å². The van der Waals surface area contributed by atoms with Crippen molar-refractivity contribution in [3.8, 4) is 23.1 Å². The lowest BCUT2D eigenvalue weighted by atomic mass is 9.81. The largest absolute Gasteiger partial charge is 0.373 e. The maximum absolute atomic E-state index is 14.1. The maximum atomic E-state index is 14.1. The Balaban J connectivity index is 1.54. The zero-order valence-electron chi connectivity index (χ0n) is 19.8. The summed E-state index contributed by atoms with van der Waals surface area (Å²) in [7, 11) is 1.88. The summed E-state index contributed by atoms with van der Waals surface area (Å²) in [6, 6.07) is 5.38. The number of thiophene rings is 1. The minimum Gasteiger partial charge on any atom is -0.373 e. The van der Waals surface area contributed by atoms with Crippen LogP contribution in [0.15, 0.2) is 35.8 Å². The Labute approximate surface area is 207 Å². The molecule has 3 aromatic rings. The molecule has 184 valence electrons. The number of ketones is 1. The first-order valence-corrected chi connectivity index (χ1v) is 12.3. The normalized spacial score (nSPS) is 20.8. The highest BCUT2D eigenvalue weighted by Crippen LogP contribution is 2.34. The fraction of sp³-hybridized carbons (Fsp3) is 0.385. The second-order valence-electron chi connectivity index (χ2n) is 8.84. The van der Waals surface area contributed by atoms with Crippen LogP contribution in [0.25, 0.3) is 11.3 Å². The third-order valence-electron chi connectivity index (χ3n) is 6.37. The number of halogens is 2. The van der Waals surface area contributed by atoms with Gasteiger partial charge in [-0.05, 0) is 55.5 Å². The number of piperidine rings is 1. The number of aliphatic hydroxyl groups is 1. The van der Waals surface area contributed by atoms with Crippen LogP contribution in [0.4, 0.5) is 8.78 Å². The average Bonchev–Trinajstić information content (AvgIpc) is 3.43. The van der Waals surface area contributed by atoms with E-state index in [9.17, 15) is 18.7 Å². The van der Waals surface area contributed by atoms with Crippen LogP contribution in [0, 0.1) is 30.4 Å². The quantitative estimate of drug-likeness (QED) is 0.262. The molecule has 0 bridgehead atoms. The molecule has 0 spiro atoms. The molecule has 9 heteroatoms. The number of nitrogens with one attached hydrogen (secondary N) is 2. The topological polar surface area (TPSA) is 79.2 Å². The van der Waals surface area contributed by atoms with E-state index in [1.54, 1.807) is 23.9 Å². The van der Waals surface area contributed by atoms with Crippen LogP contribution in [0.3, 0.4) is 0 Å². The lowest BCUT2D eigenvalue weighted by molar-refractivity contribution is -0.114. The highest BCUT2D eigenvalue weighted by atomic mass is 32.1. The van der Waals surface area contributed by atoms with Crippen LogP contribution in [0.1, 0.15) is 47.9 Å². The second-order valence-corrected chi connectivity index (χ2v) is 9.78. The number of rotatable bonds is 7. The molecule has 1 aromatic carbocycles. The van der Waals surface area contributed by atoms with Gasteiger partial charge in [-0.2, -0.15) is 5.10 Å².